The second-order valence-corrected chi connectivity index (χ2v) is 6.02. The summed E-state index contributed by atoms with van der Waals surface area (Å²) in [6.45, 7) is 6.62. The van der Waals surface area contributed by atoms with E-state index in [1.165, 1.54) is 24.1 Å². The summed E-state index contributed by atoms with van der Waals surface area (Å²) in [5.74, 6) is 0.765. The summed E-state index contributed by atoms with van der Waals surface area (Å²) in [6.07, 6.45) is 3.45. The number of nitrogens with zero attached hydrogens (tertiary/aromatic N) is 1. The molecule has 1 aliphatic rings. The Labute approximate surface area is 115 Å². The van der Waals surface area contributed by atoms with E-state index in [1.807, 2.05) is 19.1 Å². The fourth-order valence-electron chi connectivity index (χ4n) is 2.78. The normalized spacial score (nSPS) is 22.0. The molecule has 0 aliphatic carbocycles. The minimum atomic E-state index is 0.144. The molecule has 2 rings (SSSR count). The van der Waals surface area contributed by atoms with Crippen LogP contribution in [0.15, 0.2) is 18.2 Å². The lowest BCUT2D eigenvalue weighted by Crippen LogP contribution is -2.35. The number of hydrogen-bond acceptors (Lipinski definition) is 2. The van der Waals surface area contributed by atoms with Crippen molar-refractivity contribution in [1.82, 2.24) is 0 Å². The average Bonchev–Trinajstić information content (AvgIpc) is 2.31. The zero-order chi connectivity index (χ0) is 13.1. The third kappa shape index (κ3) is 3.18. The highest BCUT2D eigenvalue weighted by Crippen LogP contribution is 2.31. The molecule has 1 heterocycles. The SMILES string of the molecule is CC(N)Cc1c(Cl)cccc1N1CCCC(C)C1. The zero-order valence-electron chi connectivity index (χ0n) is 11.3. The summed E-state index contributed by atoms with van der Waals surface area (Å²) >= 11 is 6.35. The van der Waals surface area contributed by atoms with Crippen LogP contribution in [0, 0.1) is 5.92 Å². The Morgan fingerprint density at radius 2 is 2.28 bits per heavy atom. The maximum Gasteiger partial charge on any atom is 0.0459 e. The summed E-state index contributed by atoms with van der Waals surface area (Å²) < 4.78 is 0. The molecule has 2 nitrogen and oxygen atoms in total. The van der Waals surface area contributed by atoms with Gasteiger partial charge in [0.1, 0.15) is 0 Å². The average molecular weight is 267 g/mol. The van der Waals surface area contributed by atoms with Crippen LogP contribution in [0.3, 0.4) is 0 Å². The minimum absolute atomic E-state index is 0.144. The molecule has 0 spiro atoms. The van der Waals surface area contributed by atoms with Crippen molar-refractivity contribution >= 4 is 17.3 Å². The van der Waals surface area contributed by atoms with Gasteiger partial charge in [-0.05, 0) is 49.8 Å². The molecule has 0 bridgehead atoms. The number of benzene rings is 1. The van der Waals surface area contributed by atoms with E-state index in [1.54, 1.807) is 0 Å². The van der Waals surface area contributed by atoms with Crippen LogP contribution in [0.2, 0.25) is 5.02 Å². The maximum absolute atomic E-state index is 6.35. The molecular formula is C15H23ClN2. The van der Waals surface area contributed by atoms with Gasteiger partial charge >= 0.3 is 0 Å². The van der Waals surface area contributed by atoms with Crippen LogP contribution < -0.4 is 10.6 Å². The van der Waals surface area contributed by atoms with E-state index in [0.717, 1.165) is 30.5 Å². The number of piperidine rings is 1. The molecule has 1 fully saturated rings. The summed E-state index contributed by atoms with van der Waals surface area (Å²) in [5.41, 5.74) is 8.44. The fraction of sp³-hybridized carbons (Fsp3) is 0.600. The monoisotopic (exact) mass is 266 g/mol. The highest BCUT2D eigenvalue weighted by Gasteiger charge is 2.20. The van der Waals surface area contributed by atoms with Gasteiger partial charge in [-0.25, -0.2) is 0 Å². The van der Waals surface area contributed by atoms with Crippen molar-refractivity contribution in [3.63, 3.8) is 0 Å². The number of hydrogen-bond donors (Lipinski definition) is 1. The van der Waals surface area contributed by atoms with Gasteiger partial charge < -0.3 is 10.6 Å². The molecule has 2 unspecified atom stereocenters. The fourth-order valence-corrected chi connectivity index (χ4v) is 3.02. The largest absolute Gasteiger partial charge is 0.371 e. The van der Waals surface area contributed by atoms with E-state index in [2.05, 4.69) is 17.9 Å². The lowest BCUT2D eigenvalue weighted by atomic mass is 9.97. The standard InChI is InChI=1S/C15H23ClN2/c1-11-5-4-8-18(10-11)15-7-3-6-14(16)13(15)9-12(2)17/h3,6-7,11-12H,4-5,8-10,17H2,1-2H3. The lowest BCUT2D eigenvalue weighted by molar-refractivity contribution is 0.446. The molecule has 2 atom stereocenters. The van der Waals surface area contributed by atoms with Crippen LogP contribution in [0.5, 0.6) is 0 Å². The lowest BCUT2D eigenvalue weighted by Gasteiger charge is -2.34. The van der Waals surface area contributed by atoms with Crippen molar-refractivity contribution in [3.8, 4) is 0 Å². The number of nitrogens with two attached hydrogens (primary N) is 1. The molecule has 0 radical (unpaired) electrons. The van der Waals surface area contributed by atoms with E-state index < -0.39 is 0 Å². The first kappa shape index (κ1) is 13.7. The minimum Gasteiger partial charge on any atom is -0.371 e. The van der Waals surface area contributed by atoms with Crippen LogP contribution in [0.25, 0.3) is 0 Å². The molecule has 100 valence electrons. The van der Waals surface area contributed by atoms with Crippen molar-refractivity contribution in [2.45, 2.75) is 39.2 Å². The van der Waals surface area contributed by atoms with Crippen LogP contribution >= 0.6 is 11.6 Å². The summed E-state index contributed by atoms with van der Waals surface area (Å²) in [6, 6.07) is 6.34. The van der Waals surface area contributed by atoms with Gasteiger partial charge in [-0.2, -0.15) is 0 Å². The highest BCUT2D eigenvalue weighted by atomic mass is 35.5. The second kappa shape index (κ2) is 5.94. The predicted octanol–water partition coefficient (Wildman–Crippen LogP) is 3.47. The van der Waals surface area contributed by atoms with Crippen molar-refractivity contribution in [3.05, 3.63) is 28.8 Å². The smallest absolute Gasteiger partial charge is 0.0459 e. The molecule has 18 heavy (non-hydrogen) atoms. The number of anilines is 1. The van der Waals surface area contributed by atoms with Gasteiger partial charge in [-0.3, -0.25) is 0 Å². The predicted molar refractivity (Wildman–Crippen MR) is 79.4 cm³/mol. The van der Waals surface area contributed by atoms with E-state index in [9.17, 15) is 0 Å². The second-order valence-electron chi connectivity index (χ2n) is 5.61. The summed E-state index contributed by atoms with van der Waals surface area (Å²) in [7, 11) is 0. The Bertz CT molecular complexity index is 403. The Balaban J connectivity index is 2.28. The zero-order valence-corrected chi connectivity index (χ0v) is 12.1. The van der Waals surface area contributed by atoms with Gasteiger partial charge in [0.05, 0.1) is 0 Å². The maximum atomic E-state index is 6.35. The van der Waals surface area contributed by atoms with E-state index in [4.69, 9.17) is 17.3 Å². The van der Waals surface area contributed by atoms with Gasteiger partial charge in [-0.15, -0.1) is 0 Å². The summed E-state index contributed by atoms with van der Waals surface area (Å²) in [5, 5.41) is 0.850. The van der Waals surface area contributed by atoms with Crippen molar-refractivity contribution in [2.75, 3.05) is 18.0 Å². The third-order valence-corrected chi connectivity index (χ3v) is 3.97. The molecule has 1 aromatic rings. The first-order chi connectivity index (χ1) is 8.58. The van der Waals surface area contributed by atoms with Crippen LogP contribution in [-0.2, 0) is 6.42 Å². The Kier molecular flexibility index (Phi) is 4.52. The van der Waals surface area contributed by atoms with E-state index in [-0.39, 0.29) is 6.04 Å². The summed E-state index contributed by atoms with van der Waals surface area (Å²) in [4.78, 5) is 2.47. The van der Waals surface area contributed by atoms with Gasteiger partial charge in [0.25, 0.3) is 0 Å². The van der Waals surface area contributed by atoms with E-state index >= 15 is 0 Å². The van der Waals surface area contributed by atoms with Crippen LogP contribution in [-0.4, -0.2) is 19.1 Å². The van der Waals surface area contributed by atoms with Gasteiger partial charge in [0.15, 0.2) is 0 Å². The first-order valence-corrected chi connectivity index (χ1v) is 7.23. The molecule has 2 N–H and O–H groups in total. The molecule has 0 amide bonds. The van der Waals surface area contributed by atoms with E-state index in [0.29, 0.717) is 0 Å². The molecule has 1 saturated heterocycles. The van der Waals surface area contributed by atoms with Crippen molar-refractivity contribution in [1.29, 1.82) is 0 Å². The topological polar surface area (TPSA) is 29.3 Å². The molecule has 1 aromatic carbocycles. The van der Waals surface area contributed by atoms with Crippen molar-refractivity contribution in [2.24, 2.45) is 11.7 Å². The first-order valence-electron chi connectivity index (χ1n) is 6.86. The van der Waals surface area contributed by atoms with Gasteiger partial charge in [0, 0.05) is 29.8 Å². The van der Waals surface area contributed by atoms with Crippen molar-refractivity contribution < 1.29 is 0 Å². The third-order valence-electron chi connectivity index (χ3n) is 3.62. The molecule has 3 heteroatoms. The van der Waals surface area contributed by atoms with Crippen LogP contribution in [0.4, 0.5) is 5.69 Å². The molecule has 0 aromatic heterocycles. The Hall–Kier alpha value is -0.730. The Morgan fingerprint density at radius 1 is 1.50 bits per heavy atom. The Morgan fingerprint density at radius 3 is 2.94 bits per heavy atom. The highest BCUT2D eigenvalue weighted by molar-refractivity contribution is 6.31. The molecule has 0 saturated carbocycles. The van der Waals surface area contributed by atoms with Gasteiger partial charge in [0.2, 0.25) is 0 Å². The number of rotatable bonds is 3. The molecule has 1 aliphatic heterocycles. The number of halogens is 1. The quantitative estimate of drug-likeness (QED) is 0.908. The van der Waals surface area contributed by atoms with Crippen LogP contribution in [0.1, 0.15) is 32.3 Å². The molecular weight excluding hydrogens is 244 g/mol. The van der Waals surface area contributed by atoms with Gasteiger partial charge in [-0.1, -0.05) is 24.6 Å².